The Bertz CT molecular complexity index is 535. The quantitative estimate of drug-likeness (QED) is 0.889. The largest absolute Gasteiger partial charge is 0.439 e. The summed E-state index contributed by atoms with van der Waals surface area (Å²) in [7, 11) is 0. The first-order chi connectivity index (χ1) is 9.22. The molecule has 0 aliphatic heterocycles. The molecule has 0 aliphatic rings. The molecule has 0 amide bonds. The lowest BCUT2D eigenvalue weighted by Crippen LogP contribution is -2.01. The highest BCUT2D eigenvalue weighted by atomic mass is 16.5. The van der Waals surface area contributed by atoms with Crippen LogP contribution in [0.2, 0.25) is 0 Å². The smallest absolute Gasteiger partial charge is 0.219 e. The van der Waals surface area contributed by atoms with Crippen LogP contribution in [0.4, 0.5) is 0 Å². The Morgan fingerprint density at radius 3 is 2.42 bits per heavy atom. The molecule has 3 heteroatoms. The first-order valence-corrected chi connectivity index (χ1v) is 6.66. The van der Waals surface area contributed by atoms with Gasteiger partial charge in [-0.05, 0) is 36.6 Å². The molecular formula is C16H20N2O. The second-order valence-corrected chi connectivity index (χ2v) is 4.59. The Hall–Kier alpha value is -1.87. The van der Waals surface area contributed by atoms with Crippen LogP contribution in [0.1, 0.15) is 30.2 Å². The monoisotopic (exact) mass is 256 g/mol. The van der Waals surface area contributed by atoms with Crippen LogP contribution in [0.15, 0.2) is 36.4 Å². The number of ether oxygens (including phenoxy) is 1. The molecule has 0 radical (unpaired) electrons. The summed E-state index contributed by atoms with van der Waals surface area (Å²) in [6.45, 7) is 4.63. The molecule has 1 aromatic heterocycles. The highest BCUT2D eigenvalue weighted by molar-refractivity contribution is 5.32. The van der Waals surface area contributed by atoms with Crippen LogP contribution >= 0.6 is 0 Å². The number of nitrogens with two attached hydrogens (primary N) is 1. The summed E-state index contributed by atoms with van der Waals surface area (Å²) in [5.74, 6) is 1.42. The third kappa shape index (κ3) is 3.55. The van der Waals surface area contributed by atoms with Crippen LogP contribution in [-0.4, -0.2) is 4.98 Å². The normalized spacial score (nSPS) is 10.5. The van der Waals surface area contributed by atoms with Gasteiger partial charge in [0, 0.05) is 18.3 Å². The predicted molar refractivity (Wildman–Crippen MR) is 77.4 cm³/mol. The molecular weight excluding hydrogens is 236 g/mol. The third-order valence-electron chi connectivity index (χ3n) is 3.07. The molecule has 1 heterocycles. The van der Waals surface area contributed by atoms with Gasteiger partial charge in [-0.1, -0.05) is 31.5 Å². The lowest BCUT2D eigenvalue weighted by molar-refractivity contribution is 0.461. The van der Waals surface area contributed by atoms with Crippen molar-refractivity contribution in [1.29, 1.82) is 0 Å². The van der Waals surface area contributed by atoms with E-state index in [4.69, 9.17) is 10.5 Å². The van der Waals surface area contributed by atoms with Crippen LogP contribution in [0.3, 0.4) is 0 Å². The summed E-state index contributed by atoms with van der Waals surface area (Å²) in [4.78, 5) is 4.40. The molecule has 0 aliphatic carbocycles. The number of nitrogens with zero attached hydrogens (tertiary/aromatic N) is 1. The highest BCUT2D eigenvalue weighted by Crippen LogP contribution is 2.21. The van der Waals surface area contributed by atoms with Gasteiger partial charge in [-0.25, -0.2) is 4.98 Å². The van der Waals surface area contributed by atoms with E-state index in [0.717, 1.165) is 29.8 Å². The number of pyridine rings is 1. The summed E-state index contributed by atoms with van der Waals surface area (Å²) in [6.07, 6.45) is 2.25. The SMILES string of the molecule is CCCc1ccc(Oc2ccc(CN)c(C)n2)cc1. The molecule has 0 saturated carbocycles. The Morgan fingerprint density at radius 2 is 1.84 bits per heavy atom. The number of aryl methyl sites for hydroxylation is 2. The number of rotatable bonds is 5. The van der Waals surface area contributed by atoms with Crippen molar-refractivity contribution < 1.29 is 4.74 Å². The van der Waals surface area contributed by atoms with E-state index in [1.807, 2.05) is 31.2 Å². The summed E-state index contributed by atoms with van der Waals surface area (Å²) in [5.41, 5.74) is 8.91. The molecule has 0 saturated heterocycles. The Kier molecular flexibility index (Phi) is 4.53. The van der Waals surface area contributed by atoms with Gasteiger partial charge in [0.25, 0.3) is 0 Å². The van der Waals surface area contributed by atoms with Crippen molar-refractivity contribution in [2.75, 3.05) is 0 Å². The zero-order valence-electron chi connectivity index (χ0n) is 11.5. The van der Waals surface area contributed by atoms with Crippen LogP contribution in [-0.2, 0) is 13.0 Å². The van der Waals surface area contributed by atoms with Gasteiger partial charge in [0.2, 0.25) is 5.88 Å². The van der Waals surface area contributed by atoms with Gasteiger partial charge in [0.15, 0.2) is 0 Å². The lowest BCUT2D eigenvalue weighted by Gasteiger charge is -2.08. The minimum Gasteiger partial charge on any atom is -0.439 e. The molecule has 2 aromatic rings. The molecule has 0 atom stereocenters. The van der Waals surface area contributed by atoms with Gasteiger partial charge < -0.3 is 10.5 Å². The third-order valence-corrected chi connectivity index (χ3v) is 3.07. The maximum Gasteiger partial charge on any atom is 0.219 e. The number of aromatic nitrogens is 1. The van der Waals surface area contributed by atoms with Crippen molar-refractivity contribution >= 4 is 0 Å². The fraction of sp³-hybridized carbons (Fsp3) is 0.312. The lowest BCUT2D eigenvalue weighted by atomic mass is 10.1. The van der Waals surface area contributed by atoms with Gasteiger partial charge in [-0.3, -0.25) is 0 Å². The van der Waals surface area contributed by atoms with Crippen molar-refractivity contribution in [3.63, 3.8) is 0 Å². The molecule has 3 nitrogen and oxygen atoms in total. The fourth-order valence-electron chi connectivity index (χ4n) is 1.97. The molecule has 2 N–H and O–H groups in total. The number of hydrogen-bond donors (Lipinski definition) is 1. The zero-order chi connectivity index (χ0) is 13.7. The second kappa shape index (κ2) is 6.34. The molecule has 0 unspecified atom stereocenters. The van der Waals surface area contributed by atoms with E-state index in [2.05, 4.69) is 24.0 Å². The van der Waals surface area contributed by atoms with E-state index >= 15 is 0 Å². The maximum absolute atomic E-state index is 5.74. The van der Waals surface area contributed by atoms with Crippen molar-refractivity contribution in [2.45, 2.75) is 33.2 Å². The summed E-state index contributed by atoms with van der Waals surface area (Å²) in [6, 6.07) is 12.0. The van der Waals surface area contributed by atoms with Gasteiger partial charge >= 0.3 is 0 Å². The van der Waals surface area contributed by atoms with E-state index in [0.29, 0.717) is 12.4 Å². The van der Waals surface area contributed by atoms with Crippen LogP contribution in [0.25, 0.3) is 0 Å². The Morgan fingerprint density at radius 1 is 1.11 bits per heavy atom. The molecule has 1 aromatic carbocycles. The van der Waals surface area contributed by atoms with Crippen molar-refractivity contribution in [3.8, 4) is 11.6 Å². The Labute approximate surface area is 114 Å². The standard InChI is InChI=1S/C16H20N2O/c1-3-4-13-5-8-15(9-6-13)19-16-10-7-14(11-17)12(2)18-16/h5-10H,3-4,11,17H2,1-2H3. The van der Waals surface area contributed by atoms with Crippen molar-refractivity contribution in [2.24, 2.45) is 5.73 Å². The van der Waals surface area contributed by atoms with Crippen LogP contribution < -0.4 is 10.5 Å². The van der Waals surface area contributed by atoms with E-state index in [1.165, 1.54) is 5.56 Å². The minimum absolute atomic E-state index is 0.505. The molecule has 100 valence electrons. The van der Waals surface area contributed by atoms with E-state index in [-0.39, 0.29) is 0 Å². The van der Waals surface area contributed by atoms with Gasteiger partial charge in [-0.2, -0.15) is 0 Å². The van der Waals surface area contributed by atoms with Gasteiger partial charge in [-0.15, -0.1) is 0 Å². The molecule has 2 rings (SSSR count). The van der Waals surface area contributed by atoms with Crippen molar-refractivity contribution in [3.05, 3.63) is 53.2 Å². The summed E-state index contributed by atoms with van der Waals surface area (Å²) >= 11 is 0. The van der Waals surface area contributed by atoms with Crippen LogP contribution in [0, 0.1) is 6.92 Å². The minimum atomic E-state index is 0.505. The zero-order valence-corrected chi connectivity index (χ0v) is 11.5. The second-order valence-electron chi connectivity index (χ2n) is 4.59. The topological polar surface area (TPSA) is 48.1 Å². The van der Waals surface area contributed by atoms with Crippen LogP contribution in [0.5, 0.6) is 11.6 Å². The van der Waals surface area contributed by atoms with Gasteiger partial charge in [0.1, 0.15) is 5.75 Å². The maximum atomic E-state index is 5.74. The molecule has 0 bridgehead atoms. The average molecular weight is 256 g/mol. The predicted octanol–water partition coefficient (Wildman–Crippen LogP) is 3.59. The Balaban J connectivity index is 2.10. The highest BCUT2D eigenvalue weighted by Gasteiger charge is 2.02. The van der Waals surface area contributed by atoms with E-state index < -0.39 is 0 Å². The molecule has 0 fully saturated rings. The van der Waals surface area contributed by atoms with Crippen molar-refractivity contribution in [1.82, 2.24) is 4.98 Å². The van der Waals surface area contributed by atoms with E-state index in [1.54, 1.807) is 0 Å². The summed E-state index contributed by atoms with van der Waals surface area (Å²) < 4.78 is 5.74. The average Bonchev–Trinajstić information content (AvgIpc) is 2.42. The first-order valence-electron chi connectivity index (χ1n) is 6.66. The van der Waals surface area contributed by atoms with Gasteiger partial charge in [0.05, 0.1) is 0 Å². The number of benzene rings is 1. The fourth-order valence-corrected chi connectivity index (χ4v) is 1.97. The molecule has 19 heavy (non-hydrogen) atoms. The first kappa shape index (κ1) is 13.6. The number of hydrogen-bond acceptors (Lipinski definition) is 3. The molecule has 0 spiro atoms. The van der Waals surface area contributed by atoms with E-state index in [9.17, 15) is 0 Å². The summed E-state index contributed by atoms with van der Waals surface area (Å²) in [5, 5.41) is 0.